The Morgan fingerprint density at radius 3 is 2.50 bits per heavy atom. The summed E-state index contributed by atoms with van der Waals surface area (Å²) in [6.45, 7) is 2.99. The Morgan fingerprint density at radius 2 is 1.90 bits per heavy atom. The highest BCUT2D eigenvalue weighted by Gasteiger charge is 2.38. The fourth-order valence-corrected chi connectivity index (χ4v) is 1.83. The molecule has 0 bridgehead atoms. The van der Waals surface area contributed by atoms with Gasteiger partial charge in [-0.2, -0.15) is 5.26 Å². The normalized spacial score (nSPS) is 16.9. The van der Waals surface area contributed by atoms with Crippen LogP contribution in [0, 0.1) is 11.3 Å². The average Bonchev–Trinajstić information content (AvgIpc) is 2.34. The molecule has 0 aliphatic carbocycles. The third-order valence-corrected chi connectivity index (χ3v) is 2.66. The van der Waals surface area contributed by atoms with Gasteiger partial charge in [-0.15, -0.1) is 0 Å². The van der Waals surface area contributed by atoms with Crippen molar-refractivity contribution in [2.75, 3.05) is 0 Å². The van der Waals surface area contributed by atoms with Crippen molar-refractivity contribution in [2.45, 2.75) is 26.1 Å². The van der Waals surface area contributed by atoms with Gasteiger partial charge in [0.25, 0.3) is 5.79 Å². The van der Waals surface area contributed by atoms with Gasteiger partial charge < -0.3 is 9.47 Å². The van der Waals surface area contributed by atoms with Gasteiger partial charge in [0.15, 0.2) is 0 Å². The van der Waals surface area contributed by atoms with Crippen molar-refractivity contribution < 1.29 is 19.1 Å². The van der Waals surface area contributed by atoms with E-state index in [1.54, 1.807) is 24.3 Å². The van der Waals surface area contributed by atoms with E-state index in [9.17, 15) is 9.59 Å². The maximum absolute atomic E-state index is 11.8. The van der Waals surface area contributed by atoms with Crippen LogP contribution >= 0.6 is 0 Å². The Morgan fingerprint density at radius 1 is 1.25 bits per heavy atom. The second kappa shape index (κ2) is 5.17. The summed E-state index contributed by atoms with van der Waals surface area (Å²) in [4.78, 5) is 23.6. The van der Waals surface area contributed by atoms with E-state index in [2.05, 4.69) is 0 Å². The summed E-state index contributed by atoms with van der Waals surface area (Å²) >= 11 is 0. The molecule has 0 saturated carbocycles. The number of carbonyl (C=O) groups is 2. The number of esters is 2. The number of rotatable bonds is 2. The molecule has 1 fully saturated rings. The third-order valence-electron chi connectivity index (χ3n) is 2.66. The van der Waals surface area contributed by atoms with E-state index >= 15 is 0 Å². The van der Waals surface area contributed by atoms with E-state index in [0.717, 1.165) is 5.56 Å². The molecule has 0 N–H and O–H groups in total. The molecule has 1 aromatic rings. The molecule has 0 amide bonds. The minimum atomic E-state index is -1.24. The quantitative estimate of drug-likeness (QED) is 0.467. The van der Waals surface area contributed by atoms with Gasteiger partial charge in [0, 0.05) is 13.8 Å². The number of carbonyl (C=O) groups excluding carboxylic acids is 2. The van der Waals surface area contributed by atoms with Crippen LogP contribution in [0.4, 0.5) is 0 Å². The zero-order valence-electron chi connectivity index (χ0n) is 11.2. The van der Waals surface area contributed by atoms with Gasteiger partial charge in [0.05, 0.1) is 12.5 Å². The van der Waals surface area contributed by atoms with Crippen molar-refractivity contribution in [3.05, 3.63) is 41.0 Å². The number of benzene rings is 1. The second-order valence-electron chi connectivity index (χ2n) is 4.82. The summed E-state index contributed by atoms with van der Waals surface area (Å²) < 4.78 is 10.0. The third kappa shape index (κ3) is 3.04. The van der Waals surface area contributed by atoms with Gasteiger partial charge in [-0.3, -0.25) is 0 Å². The fraction of sp³-hybridized carbons (Fsp3) is 0.267. The lowest BCUT2D eigenvalue weighted by molar-refractivity contribution is -0.222. The zero-order valence-corrected chi connectivity index (χ0v) is 11.2. The van der Waals surface area contributed by atoms with Crippen LogP contribution in [-0.2, 0) is 25.5 Å². The van der Waals surface area contributed by atoms with Gasteiger partial charge in [0.1, 0.15) is 5.57 Å². The topological polar surface area (TPSA) is 76.4 Å². The maximum atomic E-state index is 11.8. The summed E-state index contributed by atoms with van der Waals surface area (Å²) in [6.07, 6.45) is 1.67. The first kappa shape index (κ1) is 13.8. The summed E-state index contributed by atoms with van der Waals surface area (Å²) in [6, 6.07) is 9.05. The first-order chi connectivity index (χ1) is 9.41. The van der Waals surface area contributed by atoms with Crippen LogP contribution < -0.4 is 0 Å². The van der Waals surface area contributed by atoms with Crippen LogP contribution in [0.15, 0.2) is 29.8 Å². The molecule has 0 aromatic heterocycles. The number of cyclic esters (lactones) is 2. The molecular formula is C15H13NO4. The van der Waals surface area contributed by atoms with Gasteiger partial charge >= 0.3 is 11.9 Å². The standard InChI is InChI=1S/C15H13NO4/c1-15(2)19-13(17)12(14(18)20-15)9-11-5-3-4-10(8-11)6-7-16/h3-5,8-9H,6H2,1-2H3. The highest BCUT2D eigenvalue weighted by molar-refractivity contribution is 6.18. The zero-order chi connectivity index (χ0) is 14.8. The smallest absolute Gasteiger partial charge is 0.348 e. The van der Waals surface area contributed by atoms with Crippen LogP contribution in [0.3, 0.4) is 0 Å². The van der Waals surface area contributed by atoms with Crippen molar-refractivity contribution in [2.24, 2.45) is 0 Å². The van der Waals surface area contributed by atoms with Gasteiger partial charge in [0.2, 0.25) is 0 Å². The van der Waals surface area contributed by atoms with Crippen molar-refractivity contribution in [3.63, 3.8) is 0 Å². The Hall–Kier alpha value is -2.61. The van der Waals surface area contributed by atoms with E-state index in [-0.39, 0.29) is 12.0 Å². The largest absolute Gasteiger partial charge is 0.419 e. The Bertz CT molecular complexity index is 616. The SMILES string of the molecule is CC1(C)OC(=O)C(=Cc2cccc(CC#N)c2)C(=O)O1. The van der Waals surface area contributed by atoms with E-state index < -0.39 is 17.7 Å². The molecule has 1 aliphatic rings. The molecule has 1 heterocycles. The molecule has 0 unspecified atom stereocenters. The van der Waals surface area contributed by atoms with Crippen molar-refractivity contribution >= 4 is 18.0 Å². The number of hydrogen-bond donors (Lipinski definition) is 0. The maximum Gasteiger partial charge on any atom is 0.348 e. The fourth-order valence-electron chi connectivity index (χ4n) is 1.83. The summed E-state index contributed by atoms with van der Waals surface area (Å²) in [5.41, 5.74) is 1.29. The van der Waals surface area contributed by atoms with Crippen LogP contribution in [0.5, 0.6) is 0 Å². The molecule has 0 atom stereocenters. The van der Waals surface area contributed by atoms with Crippen LogP contribution in [0.25, 0.3) is 6.08 Å². The molecule has 20 heavy (non-hydrogen) atoms. The summed E-state index contributed by atoms with van der Waals surface area (Å²) in [5, 5.41) is 8.66. The van der Waals surface area contributed by atoms with Crippen LogP contribution in [-0.4, -0.2) is 17.7 Å². The summed E-state index contributed by atoms with van der Waals surface area (Å²) in [5.74, 6) is -2.66. The number of nitriles is 1. The van der Waals surface area contributed by atoms with E-state index in [0.29, 0.717) is 5.56 Å². The number of nitrogens with zero attached hydrogens (tertiary/aromatic N) is 1. The second-order valence-corrected chi connectivity index (χ2v) is 4.82. The van der Waals surface area contributed by atoms with E-state index in [4.69, 9.17) is 14.7 Å². The van der Waals surface area contributed by atoms with Gasteiger partial charge in [-0.05, 0) is 17.2 Å². The lowest BCUT2D eigenvalue weighted by Gasteiger charge is -2.29. The molecule has 0 spiro atoms. The Kier molecular flexibility index (Phi) is 3.57. The highest BCUT2D eigenvalue weighted by Crippen LogP contribution is 2.24. The minimum absolute atomic E-state index is 0.154. The molecule has 5 nitrogen and oxygen atoms in total. The number of ether oxygens (including phenoxy) is 2. The first-order valence-electron chi connectivity index (χ1n) is 6.05. The molecule has 1 saturated heterocycles. The predicted molar refractivity (Wildman–Crippen MR) is 70.0 cm³/mol. The van der Waals surface area contributed by atoms with Gasteiger partial charge in [-0.25, -0.2) is 9.59 Å². The van der Waals surface area contributed by atoms with Crippen molar-refractivity contribution in [1.29, 1.82) is 5.26 Å². The lowest BCUT2D eigenvalue weighted by atomic mass is 10.1. The van der Waals surface area contributed by atoms with Gasteiger partial charge in [-0.1, -0.05) is 24.3 Å². The molecule has 1 aliphatic heterocycles. The van der Waals surface area contributed by atoms with E-state index in [1.807, 2.05) is 6.07 Å². The monoisotopic (exact) mass is 271 g/mol. The van der Waals surface area contributed by atoms with Crippen molar-refractivity contribution in [1.82, 2.24) is 0 Å². The average molecular weight is 271 g/mol. The molecule has 1 aromatic carbocycles. The molecular weight excluding hydrogens is 258 g/mol. The van der Waals surface area contributed by atoms with Crippen molar-refractivity contribution in [3.8, 4) is 6.07 Å². The molecule has 0 radical (unpaired) electrons. The Balaban J connectivity index is 2.31. The molecule has 102 valence electrons. The highest BCUT2D eigenvalue weighted by atomic mass is 16.7. The first-order valence-corrected chi connectivity index (χ1v) is 6.05. The molecule has 5 heteroatoms. The number of hydrogen-bond acceptors (Lipinski definition) is 5. The predicted octanol–water partition coefficient (Wildman–Crippen LogP) is 1.97. The molecule has 2 rings (SSSR count). The lowest BCUT2D eigenvalue weighted by Crippen LogP contribution is -2.41. The van der Waals surface area contributed by atoms with Crippen LogP contribution in [0.2, 0.25) is 0 Å². The Labute approximate surface area is 116 Å². The van der Waals surface area contributed by atoms with E-state index in [1.165, 1.54) is 19.9 Å². The minimum Gasteiger partial charge on any atom is -0.419 e. The summed E-state index contributed by atoms with van der Waals surface area (Å²) in [7, 11) is 0. The van der Waals surface area contributed by atoms with Crippen LogP contribution in [0.1, 0.15) is 25.0 Å².